The van der Waals surface area contributed by atoms with Crippen LogP contribution in [-0.4, -0.2) is 181 Å². The normalized spacial score (nSPS) is 44.7. The van der Waals surface area contributed by atoms with E-state index in [9.17, 15) is 30.0 Å². The number of cyclic esters (lactones) is 1. The van der Waals surface area contributed by atoms with Crippen molar-refractivity contribution in [3.63, 3.8) is 0 Å². The van der Waals surface area contributed by atoms with Crippen LogP contribution < -0.4 is 0 Å². The topological polar surface area (TPSA) is 195 Å². The predicted molar refractivity (Wildman–Crippen MR) is 217 cm³/mol. The van der Waals surface area contributed by atoms with Gasteiger partial charge in [-0.05, 0) is 93.9 Å². The average molecular weight is 843 g/mol. The fourth-order valence-electron chi connectivity index (χ4n) is 9.10. The van der Waals surface area contributed by atoms with Crippen LogP contribution in [-0.2, 0) is 47.5 Å². The highest BCUT2D eigenvalue weighted by Gasteiger charge is 2.52. The molecule has 16 heteroatoms. The van der Waals surface area contributed by atoms with E-state index in [1.165, 1.54) is 14.0 Å². The highest BCUT2D eigenvalue weighted by Crippen LogP contribution is 2.37. The van der Waals surface area contributed by atoms with Crippen molar-refractivity contribution in [1.82, 2.24) is 9.80 Å². The predicted octanol–water partition coefficient (Wildman–Crippen LogP) is 2.33. The molecule has 19 atom stereocenters. The van der Waals surface area contributed by atoms with Crippen LogP contribution >= 0.6 is 0 Å². The van der Waals surface area contributed by atoms with E-state index in [4.69, 9.17) is 37.9 Å². The molecule has 3 fully saturated rings. The van der Waals surface area contributed by atoms with Crippen molar-refractivity contribution in [2.45, 2.75) is 190 Å². The minimum Gasteiger partial charge on any atom is -0.462 e. The number of carbonyl (C=O) groups excluding carboxylic acids is 2. The Labute approximate surface area is 351 Å². The van der Waals surface area contributed by atoms with Gasteiger partial charge in [0.05, 0.1) is 54.7 Å². The summed E-state index contributed by atoms with van der Waals surface area (Å²) in [4.78, 5) is 29.5. The van der Waals surface area contributed by atoms with Gasteiger partial charge in [-0.1, -0.05) is 31.2 Å². The number of allylic oxidation sites excluding steroid dienone is 2. The number of carbonyl (C=O) groups is 2. The monoisotopic (exact) mass is 843 g/mol. The molecule has 340 valence electrons. The van der Waals surface area contributed by atoms with Crippen LogP contribution in [0.2, 0.25) is 0 Å². The Morgan fingerprint density at radius 3 is 2.17 bits per heavy atom. The van der Waals surface area contributed by atoms with E-state index in [1.807, 2.05) is 52.2 Å². The number of aldehydes is 1. The van der Waals surface area contributed by atoms with Crippen LogP contribution in [0.25, 0.3) is 0 Å². The van der Waals surface area contributed by atoms with E-state index >= 15 is 0 Å². The van der Waals surface area contributed by atoms with Gasteiger partial charge in [0.25, 0.3) is 0 Å². The fourth-order valence-corrected chi connectivity index (χ4v) is 9.10. The molecule has 4 N–H and O–H groups in total. The number of rotatable bonds is 11. The zero-order valence-electron chi connectivity index (χ0n) is 37.0. The van der Waals surface area contributed by atoms with Crippen LogP contribution in [0, 0.1) is 11.8 Å². The second kappa shape index (κ2) is 22.5. The first kappa shape index (κ1) is 49.8. The highest BCUT2D eigenvalue weighted by molar-refractivity contribution is 5.70. The van der Waals surface area contributed by atoms with Crippen LogP contribution in [0.5, 0.6) is 0 Å². The summed E-state index contributed by atoms with van der Waals surface area (Å²) in [5.74, 6) is -1.47. The maximum Gasteiger partial charge on any atom is 0.308 e. The molecular formula is C43H74N2O14. The fraction of sp³-hybridized carbons (Fsp3) is 0.860. The number of aliphatic hydroxyl groups is 4. The van der Waals surface area contributed by atoms with Crippen LogP contribution in [0.3, 0.4) is 0 Å². The molecule has 4 aliphatic heterocycles. The smallest absolute Gasteiger partial charge is 0.308 e. The van der Waals surface area contributed by atoms with Gasteiger partial charge in [-0.25, -0.2) is 0 Å². The third kappa shape index (κ3) is 13.3. The zero-order chi connectivity index (χ0) is 43.8. The first-order valence-corrected chi connectivity index (χ1v) is 21.3. The average Bonchev–Trinajstić information content (AvgIpc) is 3.13. The third-order valence-corrected chi connectivity index (χ3v) is 12.4. The Balaban J connectivity index is 1.66. The standard InChI is InChI=1S/C43H74N2O14/c1-24-21-29(19-20-46)39(59-42-37(49)36(45(9)10)38(27(4)56-42)58-35-23-43(6,51)41(50)28(5)55-35)40(52-11)31(47)22-33(48)53-25(2)15-13-12-14-16-32(24)57-34-18-17-30(44(7)8)26(3)54-34/h12-14,16,20,24-32,34-42,47,49-51H,15,17-19,21-23H2,1-11H3/t24-,25-,26+,27-,28+,29+,30+,31-,32+,34+,35+,36-,37+,38-,39-,40+,41+,42+,43-/m1/s1. The molecule has 0 aliphatic carbocycles. The molecule has 59 heavy (non-hydrogen) atoms. The molecule has 0 aromatic heterocycles. The van der Waals surface area contributed by atoms with Crippen molar-refractivity contribution in [2.24, 2.45) is 11.8 Å². The molecule has 4 rings (SSSR count). The summed E-state index contributed by atoms with van der Waals surface area (Å²) in [6.45, 7) is 10.8. The Morgan fingerprint density at radius 1 is 0.864 bits per heavy atom. The van der Waals surface area contributed by atoms with Crippen molar-refractivity contribution in [3.05, 3.63) is 24.3 Å². The zero-order valence-corrected chi connectivity index (χ0v) is 37.0. The summed E-state index contributed by atoms with van der Waals surface area (Å²) in [5, 5.41) is 45.1. The first-order valence-electron chi connectivity index (χ1n) is 21.3. The van der Waals surface area contributed by atoms with Gasteiger partial charge >= 0.3 is 5.97 Å². The maximum atomic E-state index is 13.1. The molecular weight excluding hydrogens is 768 g/mol. The molecule has 0 unspecified atom stereocenters. The molecule has 0 spiro atoms. The summed E-state index contributed by atoms with van der Waals surface area (Å²) >= 11 is 0. The number of hydrogen-bond donors (Lipinski definition) is 4. The van der Waals surface area contributed by atoms with Crippen molar-refractivity contribution in [2.75, 3.05) is 35.3 Å². The minimum absolute atomic E-state index is 0.00885. The second-order valence-corrected chi connectivity index (χ2v) is 17.8. The van der Waals surface area contributed by atoms with Crippen LogP contribution in [0.15, 0.2) is 24.3 Å². The van der Waals surface area contributed by atoms with Crippen molar-refractivity contribution in [1.29, 1.82) is 0 Å². The van der Waals surface area contributed by atoms with Gasteiger partial charge in [0.1, 0.15) is 36.8 Å². The lowest BCUT2D eigenvalue weighted by Gasteiger charge is -2.50. The van der Waals surface area contributed by atoms with Crippen molar-refractivity contribution in [3.8, 4) is 0 Å². The van der Waals surface area contributed by atoms with Gasteiger partial charge in [-0.2, -0.15) is 0 Å². The SMILES string of the molecule is CO[C@@H]1[C@H](O[C@@H]2O[C@H](C)[C@@H](O[C@H]3C[C@@](C)(O)[C@@H](O)[C@H](C)O3)[C@H](N(C)C)[C@@H]2O)[C@@H](CC=O)C[C@@H](C)[C@@H](O[C@H]2CC[C@H](N(C)C)[C@H](C)O2)C=CC=CC[C@@H](C)OC(=O)C[C@H]1O. The highest BCUT2D eigenvalue weighted by atomic mass is 16.7. The lowest BCUT2D eigenvalue weighted by atomic mass is 9.82. The molecule has 4 heterocycles. The quantitative estimate of drug-likeness (QED) is 0.175. The summed E-state index contributed by atoms with van der Waals surface area (Å²) in [5.41, 5.74) is -1.47. The number of likely N-dealkylation sites (N-methyl/N-ethyl adjacent to an activating group) is 2. The Bertz CT molecular complexity index is 1370. The lowest BCUT2D eigenvalue weighted by molar-refractivity contribution is -0.344. The molecule has 0 amide bonds. The third-order valence-electron chi connectivity index (χ3n) is 12.4. The molecule has 16 nitrogen and oxygen atoms in total. The van der Waals surface area contributed by atoms with Crippen molar-refractivity contribution < 1.29 is 67.9 Å². The molecule has 0 aromatic rings. The van der Waals surface area contributed by atoms with E-state index in [-0.39, 0.29) is 30.9 Å². The first-order chi connectivity index (χ1) is 27.8. The molecule has 0 saturated carbocycles. The van der Waals surface area contributed by atoms with Gasteiger partial charge in [-0.15, -0.1) is 0 Å². The summed E-state index contributed by atoms with van der Waals surface area (Å²) in [6, 6.07) is -0.466. The Hall–Kier alpha value is -1.90. The summed E-state index contributed by atoms with van der Waals surface area (Å²) < 4.78 is 50.0. The molecule has 3 saturated heterocycles. The van der Waals surface area contributed by atoms with Crippen LogP contribution in [0.4, 0.5) is 0 Å². The number of aliphatic hydroxyl groups excluding tert-OH is 3. The van der Waals surface area contributed by atoms with Crippen LogP contribution in [0.1, 0.15) is 86.5 Å². The van der Waals surface area contributed by atoms with E-state index < -0.39 is 110 Å². The van der Waals surface area contributed by atoms with E-state index in [0.717, 1.165) is 12.7 Å². The Kier molecular flexibility index (Phi) is 18.9. The number of hydrogen-bond acceptors (Lipinski definition) is 16. The molecule has 0 bridgehead atoms. The van der Waals surface area contributed by atoms with E-state index in [2.05, 4.69) is 4.90 Å². The van der Waals surface area contributed by atoms with E-state index in [0.29, 0.717) is 19.3 Å². The van der Waals surface area contributed by atoms with Crippen molar-refractivity contribution >= 4 is 12.3 Å². The van der Waals surface area contributed by atoms with Gasteiger partial charge in [0.15, 0.2) is 18.9 Å². The Morgan fingerprint density at radius 2 is 1.56 bits per heavy atom. The maximum absolute atomic E-state index is 13.1. The largest absolute Gasteiger partial charge is 0.462 e. The minimum atomic E-state index is -1.47. The van der Waals surface area contributed by atoms with Gasteiger partial charge in [0.2, 0.25) is 0 Å². The number of esters is 1. The number of methoxy groups -OCH3 is 1. The second-order valence-electron chi connectivity index (χ2n) is 17.8. The molecule has 4 aliphatic rings. The molecule has 0 radical (unpaired) electrons. The molecule has 0 aromatic carbocycles. The number of nitrogens with zero attached hydrogens (tertiary/aromatic N) is 2. The van der Waals surface area contributed by atoms with E-state index in [1.54, 1.807) is 39.8 Å². The van der Waals surface area contributed by atoms with Gasteiger partial charge in [-0.3, -0.25) is 4.79 Å². The van der Waals surface area contributed by atoms with Gasteiger partial charge in [0, 0.05) is 32.4 Å². The number of ether oxygens (including phenoxy) is 8. The summed E-state index contributed by atoms with van der Waals surface area (Å²) in [7, 11) is 9.03. The van der Waals surface area contributed by atoms with Gasteiger partial charge < -0.3 is 72.9 Å². The lowest BCUT2D eigenvalue weighted by Crippen LogP contribution is -2.65. The summed E-state index contributed by atoms with van der Waals surface area (Å²) in [6.07, 6.45) is -1.56.